The molecule has 136 valence electrons. The Morgan fingerprint density at radius 3 is 2.62 bits per heavy atom. The van der Waals surface area contributed by atoms with Gasteiger partial charge >= 0.3 is 0 Å². The van der Waals surface area contributed by atoms with Crippen LogP contribution in [0.3, 0.4) is 0 Å². The quantitative estimate of drug-likeness (QED) is 0.895. The zero-order valence-corrected chi connectivity index (χ0v) is 15.6. The minimum absolute atomic E-state index is 0.127. The summed E-state index contributed by atoms with van der Waals surface area (Å²) >= 11 is 0. The number of sulfonamides is 1. The second kappa shape index (κ2) is 6.93. The minimum atomic E-state index is -3.57. The van der Waals surface area contributed by atoms with Crippen molar-refractivity contribution in [2.24, 2.45) is 0 Å². The number of hydrogen-bond acceptors (Lipinski definition) is 4. The summed E-state index contributed by atoms with van der Waals surface area (Å²) in [6.45, 7) is 1.97. The Bertz CT molecular complexity index is 994. The van der Waals surface area contributed by atoms with Gasteiger partial charge in [-0.2, -0.15) is 0 Å². The fraction of sp³-hybridized carbons (Fsp3) is 0.211. The maximum atomic E-state index is 12.6. The first kappa shape index (κ1) is 18.2. The van der Waals surface area contributed by atoms with Gasteiger partial charge in [-0.3, -0.25) is 4.79 Å². The van der Waals surface area contributed by atoms with Gasteiger partial charge in [-0.25, -0.2) is 12.7 Å². The van der Waals surface area contributed by atoms with Crippen LogP contribution in [0, 0.1) is 6.92 Å². The van der Waals surface area contributed by atoms with E-state index in [0.29, 0.717) is 11.3 Å². The predicted molar refractivity (Wildman–Crippen MR) is 101 cm³/mol. The Labute approximate surface area is 153 Å². The smallest absolute Gasteiger partial charge is 0.255 e. The van der Waals surface area contributed by atoms with E-state index in [2.05, 4.69) is 5.32 Å². The molecule has 2 aromatic carbocycles. The van der Waals surface area contributed by atoms with Gasteiger partial charge in [-0.05, 0) is 36.8 Å². The van der Waals surface area contributed by atoms with Crippen molar-refractivity contribution >= 4 is 27.7 Å². The van der Waals surface area contributed by atoms with Crippen LogP contribution in [0.4, 0.5) is 5.69 Å². The van der Waals surface area contributed by atoms with Gasteiger partial charge in [-0.1, -0.05) is 24.3 Å². The van der Waals surface area contributed by atoms with Gasteiger partial charge in [0.1, 0.15) is 12.4 Å². The van der Waals surface area contributed by atoms with E-state index in [-0.39, 0.29) is 17.4 Å². The molecule has 0 saturated heterocycles. The second-order valence-electron chi connectivity index (χ2n) is 6.21. The molecular weight excluding hydrogens is 352 g/mol. The van der Waals surface area contributed by atoms with E-state index >= 15 is 0 Å². The summed E-state index contributed by atoms with van der Waals surface area (Å²) in [5, 5.41) is 2.79. The summed E-state index contributed by atoms with van der Waals surface area (Å²) in [5.74, 6) is 0.418. The molecule has 1 aliphatic rings. The Hall–Kier alpha value is -2.64. The van der Waals surface area contributed by atoms with E-state index in [1.54, 1.807) is 12.1 Å². The van der Waals surface area contributed by atoms with Crippen LogP contribution >= 0.6 is 0 Å². The van der Waals surface area contributed by atoms with Crippen molar-refractivity contribution in [3.63, 3.8) is 0 Å². The highest BCUT2D eigenvalue weighted by atomic mass is 32.2. The molecule has 0 fully saturated rings. The lowest BCUT2D eigenvalue weighted by Gasteiger charge is -2.18. The Kier molecular flexibility index (Phi) is 4.84. The number of aryl methyl sites for hydroxylation is 1. The van der Waals surface area contributed by atoms with Crippen LogP contribution in [0.1, 0.15) is 11.1 Å². The van der Waals surface area contributed by atoms with Gasteiger partial charge in [0.05, 0.1) is 10.5 Å². The van der Waals surface area contributed by atoms with Gasteiger partial charge in [0, 0.05) is 25.3 Å². The van der Waals surface area contributed by atoms with Crippen LogP contribution in [0.15, 0.2) is 52.9 Å². The third-order valence-electron chi connectivity index (χ3n) is 4.16. The van der Waals surface area contributed by atoms with Crippen molar-refractivity contribution < 1.29 is 17.9 Å². The number of benzene rings is 2. The van der Waals surface area contributed by atoms with Crippen LogP contribution < -0.4 is 10.1 Å². The Morgan fingerprint density at radius 1 is 1.15 bits per heavy atom. The summed E-state index contributed by atoms with van der Waals surface area (Å²) < 4.78 is 31.3. The highest BCUT2D eigenvalue weighted by molar-refractivity contribution is 7.89. The molecule has 0 radical (unpaired) electrons. The highest BCUT2D eigenvalue weighted by Gasteiger charge is 2.21. The van der Waals surface area contributed by atoms with Crippen LogP contribution in [0.25, 0.3) is 6.08 Å². The third-order valence-corrected chi connectivity index (χ3v) is 5.97. The monoisotopic (exact) mass is 372 g/mol. The number of nitrogens with zero attached hydrogens (tertiary/aromatic N) is 1. The van der Waals surface area contributed by atoms with E-state index in [4.69, 9.17) is 4.74 Å². The number of rotatable bonds is 4. The molecule has 1 amide bonds. The maximum Gasteiger partial charge on any atom is 0.255 e. The molecule has 0 atom stereocenters. The Morgan fingerprint density at radius 2 is 1.88 bits per heavy atom. The maximum absolute atomic E-state index is 12.6. The summed E-state index contributed by atoms with van der Waals surface area (Å²) in [5.41, 5.74) is 2.54. The number of amides is 1. The van der Waals surface area contributed by atoms with Crippen LogP contribution in [-0.2, 0) is 14.8 Å². The molecule has 0 bridgehead atoms. The summed E-state index contributed by atoms with van der Waals surface area (Å²) in [6, 6.07) is 12.1. The first-order chi connectivity index (χ1) is 12.3. The summed E-state index contributed by atoms with van der Waals surface area (Å²) in [6.07, 6.45) is 1.78. The number of fused-ring (bicyclic) bond motifs is 1. The number of carbonyl (C=O) groups excluding carboxylic acids is 1. The van der Waals surface area contributed by atoms with Crippen molar-refractivity contribution in [2.45, 2.75) is 11.8 Å². The zero-order valence-electron chi connectivity index (χ0n) is 14.8. The standard InChI is InChI=1S/C19H20N2O4S/c1-13-8-9-16(26(23,24)21(2)3)11-17(13)20-19(22)15-10-14-6-4-5-7-18(14)25-12-15/h4-11H,12H2,1-3H3,(H,20,22). The molecule has 0 unspecified atom stereocenters. The van der Waals surface area contributed by atoms with Gasteiger partial charge in [-0.15, -0.1) is 0 Å². The fourth-order valence-corrected chi connectivity index (χ4v) is 3.49. The third kappa shape index (κ3) is 3.49. The van der Waals surface area contributed by atoms with Crippen molar-refractivity contribution in [3.8, 4) is 5.75 Å². The van der Waals surface area contributed by atoms with Crippen LogP contribution in [0.5, 0.6) is 5.75 Å². The molecule has 0 spiro atoms. The van der Waals surface area contributed by atoms with Crippen molar-refractivity contribution in [3.05, 3.63) is 59.2 Å². The minimum Gasteiger partial charge on any atom is -0.488 e. The van der Waals surface area contributed by atoms with E-state index in [9.17, 15) is 13.2 Å². The van der Waals surface area contributed by atoms with Crippen molar-refractivity contribution in [1.82, 2.24) is 4.31 Å². The average Bonchev–Trinajstić information content (AvgIpc) is 2.62. The van der Waals surface area contributed by atoms with E-state index in [1.807, 2.05) is 31.2 Å². The predicted octanol–water partition coefficient (Wildman–Crippen LogP) is 2.66. The van der Waals surface area contributed by atoms with Gasteiger partial charge < -0.3 is 10.1 Å². The highest BCUT2D eigenvalue weighted by Crippen LogP contribution is 2.27. The number of nitrogens with one attached hydrogen (secondary N) is 1. The van der Waals surface area contributed by atoms with Crippen molar-refractivity contribution in [1.29, 1.82) is 0 Å². The number of carbonyl (C=O) groups is 1. The molecule has 1 N–H and O–H groups in total. The number of para-hydroxylation sites is 1. The first-order valence-electron chi connectivity index (χ1n) is 8.06. The normalized spacial score (nSPS) is 13.6. The average molecular weight is 372 g/mol. The Balaban J connectivity index is 1.88. The number of hydrogen-bond donors (Lipinski definition) is 1. The molecule has 1 aliphatic heterocycles. The topological polar surface area (TPSA) is 75.7 Å². The molecule has 3 rings (SSSR count). The lowest BCUT2D eigenvalue weighted by Crippen LogP contribution is -2.23. The van der Waals surface area contributed by atoms with Crippen LogP contribution in [-0.4, -0.2) is 39.3 Å². The van der Waals surface area contributed by atoms with E-state index in [0.717, 1.165) is 21.2 Å². The zero-order chi connectivity index (χ0) is 18.9. The molecule has 2 aromatic rings. The van der Waals surface area contributed by atoms with Gasteiger partial charge in [0.15, 0.2) is 0 Å². The molecule has 0 aromatic heterocycles. The second-order valence-corrected chi connectivity index (χ2v) is 8.37. The van der Waals surface area contributed by atoms with Gasteiger partial charge in [0.25, 0.3) is 5.91 Å². The molecule has 26 heavy (non-hydrogen) atoms. The molecule has 7 heteroatoms. The summed E-state index contributed by atoms with van der Waals surface area (Å²) in [7, 11) is -0.639. The summed E-state index contributed by atoms with van der Waals surface area (Å²) in [4.78, 5) is 12.7. The van der Waals surface area contributed by atoms with E-state index < -0.39 is 10.0 Å². The molecular formula is C19H20N2O4S. The fourth-order valence-electron chi connectivity index (χ4n) is 2.56. The van der Waals surface area contributed by atoms with E-state index in [1.165, 1.54) is 26.2 Å². The number of ether oxygens (including phenoxy) is 1. The molecule has 0 saturated carbocycles. The van der Waals surface area contributed by atoms with Crippen molar-refractivity contribution in [2.75, 3.05) is 26.0 Å². The SMILES string of the molecule is Cc1ccc(S(=O)(=O)N(C)C)cc1NC(=O)C1=Cc2ccccc2OC1. The van der Waals surface area contributed by atoms with Crippen LogP contribution in [0.2, 0.25) is 0 Å². The molecule has 1 heterocycles. The largest absolute Gasteiger partial charge is 0.488 e. The first-order valence-corrected chi connectivity index (χ1v) is 9.50. The molecule has 6 nitrogen and oxygen atoms in total. The van der Waals surface area contributed by atoms with Gasteiger partial charge in [0.2, 0.25) is 10.0 Å². The number of anilines is 1. The molecule has 0 aliphatic carbocycles. The lowest BCUT2D eigenvalue weighted by atomic mass is 10.1. The lowest BCUT2D eigenvalue weighted by molar-refractivity contribution is -0.113.